The van der Waals surface area contributed by atoms with Crippen molar-refractivity contribution >= 4 is 17.6 Å². The summed E-state index contributed by atoms with van der Waals surface area (Å²) in [6, 6.07) is 10.7. The average molecular weight is 607 g/mol. The highest BCUT2D eigenvalue weighted by Gasteiger charge is 2.40. The van der Waals surface area contributed by atoms with Crippen molar-refractivity contribution in [2.75, 3.05) is 26.4 Å². The quantitative estimate of drug-likeness (QED) is 0.227. The predicted molar refractivity (Wildman–Crippen MR) is 172 cm³/mol. The third kappa shape index (κ3) is 8.65. The molecule has 230 valence electrons. The van der Waals surface area contributed by atoms with Gasteiger partial charge in [0.2, 0.25) is 9.03 Å². The molecule has 1 saturated heterocycles. The molecule has 0 amide bonds. The van der Waals surface area contributed by atoms with E-state index in [1.54, 1.807) is 0 Å². The Labute approximate surface area is 251 Å². The Bertz CT molecular complexity index is 1130. The Morgan fingerprint density at radius 3 is 1.88 bits per heavy atom. The zero-order valence-electron chi connectivity index (χ0n) is 27.2. The monoisotopic (exact) mass is 606 g/mol. The minimum absolute atomic E-state index is 0.0591. The van der Waals surface area contributed by atoms with E-state index in [4.69, 9.17) is 22.6 Å². The second-order valence-corrected chi connectivity index (χ2v) is 16.6. The van der Waals surface area contributed by atoms with Gasteiger partial charge in [0.05, 0.1) is 31.8 Å². The Balaban J connectivity index is 1.69. The van der Waals surface area contributed by atoms with E-state index < -0.39 is 14.0 Å². The van der Waals surface area contributed by atoms with Crippen molar-refractivity contribution in [3.63, 3.8) is 0 Å². The van der Waals surface area contributed by atoms with Gasteiger partial charge in [-0.15, -0.1) is 0 Å². The van der Waals surface area contributed by atoms with Gasteiger partial charge in [-0.3, -0.25) is 0 Å². The molecule has 8 heteroatoms. The number of aliphatic hydroxyl groups excluding tert-OH is 1. The molecule has 0 spiro atoms. The third-order valence-corrected chi connectivity index (χ3v) is 8.92. The topological polar surface area (TPSA) is 66.4 Å². The predicted octanol–water partition coefficient (Wildman–Crippen LogP) is 9.25. The molecule has 0 bridgehead atoms. The van der Waals surface area contributed by atoms with Crippen molar-refractivity contribution in [2.24, 2.45) is 5.41 Å². The molecule has 1 fully saturated rings. The molecule has 0 aliphatic carbocycles. The molecule has 1 N–H and O–H groups in total. The summed E-state index contributed by atoms with van der Waals surface area (Å²) in [6.45, 7) is 26.9. The fourth-order valence-corrected chi connectivity index (χ4v) is 6.78. The maximum Gasteiger partial charge on any atom is 0.397 e. The summed E-state index contributed by atoms with van der Waals surface area (Å²) in [7, 11) is -1.84. The molecule has 1 unspecified atom stereocenters. The Kier molecular flexibility index (Phi) is 11.0. The lowest BCUT2D eigenvalue weighted by Gasteiger charge is -2.38. The number of aryl methyl sites for hydroxylation is 1. The van der Waals surface area contributed by atoms with Gasteiger partial charge in [0, 0.05) is 16.7 Å². The molecule has 6 nitrogen and oxygen atoms in total. The van der Waals surface area contributed by atoms with Crippen LogP contribution in [0.15, 0.2) is 30.3 Å². The van der Waals surface area contributed by atoms with Crippen molar-refractivity contribution in [1.29, 1.82) is 0 Å². The van der Waals surface area contributed by atoms with Gasteiger partial charge in [-0.1, -0.05) is 112 Å². The van der Waals surface area contributed by atoms with Crippen molar-refractivity contribution in [2.45, 2.75) is 105 Å². The highest BCUT2D eigenvalue weighted by atomic mass is 31.2. The summed E-state index contributed by atoms with van der Waals surface area (Å²) in [6.07, 6.45) is 0. The van der Waals surface area contributed by atoms with E-state index in [2.05, 4.69) is 113 Å². The lowest BCUT2D eigenvalue weighted by atomic mass is 9.78. The number of hydrogen-bond donors (Lipinski definition) is 1. The van der Waals surface area contributed by atoms with Crippen LogP contribution in [-0.4, -0.2) is 31.5 Å². The minimum Gasteiger partial charge on any atom is -0.449 e. The van der Waals surface area contributed by atoms with Crippen LogP contribution in [0.4, 0.5) is 0 Å². The lowest BCUT2D eigenvalue weighted by molar-refractivity contribution is -0.0442. The Morgan fingerprint density at radius 1 is 0.878 bits per heavy atom. The molecule has 0 saturated carbocycles. The Hall–Kier alpha value is -1.26. The molecule has 1 heterocycles. The van der Waals surface area contributed by atoms with Crippen molar-refractivity contribution in [3.05, 3.63) is 58.1 Å². The molecule has 0 radical (unpaired) electrons. The summed E-state index contributed by atoms with van der Waals surface area (Å²) < 4.78 is 31.0. The third-order valence-electron chi connectivity index (χ3n) is 7.36. The maximum atomic E-state index is 10.3. The molecular weight excluding hydrogens is 554 g/mol. The molecule has 2 aromatic carbocycles. The molecule has 0 aromatic heterocycles. The zero-order valence-corrected chi connectivity index (χ0v) is 29.1. The summed E-state index contributed by atoms with van der Waals surface area (Å²) in [5.74, 6) is 2.05. The van der Waals surface area contributed by atoms with Crippen LogP contribution in [0.25, 0.3) is 0 Å². The van der Waals surface area contributed by atoms with Crippen molar-refractivity contribution < 1.29 is 27.7 Å². The molecule has 1 aliphatic rings. The number of hydrogen-bond acceptors (Lipinski definition) is 6. The number of para-hydroxylation sites is 1. The molecule has 41 heavy (non-hydrogen) atoms. The van der Waals surface area contributed by atoms with E-state index in [0.717, 1.165) is 33.8 Å². The summed E-state index contributed by atoms with van der Waals surface area (Å²) in [4.78, 5) is 0. The first-order chi connectivity index (χ1) is 18.9. The second-order valence-electron chi connectivity index (χ2n) is 14.8. The fourth-order valence-electron chi connectivity index (χ4n) is 4.76. The summed E-state index contributed by atoms with van der Waals surface area (Å²) in [5, 5.41) is 10.3. The van der Waals surface area contributed by atoms with E-state index in [1.807, 2.05) is 0 Å². The van der Waals surface area contributed by atoms with Gasteiger partial charge in [0.1, 0.15) is 11.5 Å². The SMILES string of the molecule is Cc1cc(C(C)(C)C)c(OP2OCC(CO)(COPOc3c(C(C)C)cccc3C(C)(C)C)CO2)c(C(C)(C)C)c1. The van der Waals surface area contributed by atoms with Crippen LogP contribution in [0.2, 0.25) is 0 Å². The van der Waals surface area contributed by atoms with Gasteiger partial charge in [-0.05, 0) is 34.7 Å². The van der Waals surface area contributed by atoms with Gasteiger partial charge in [0.15, 0.2) is 0 Å². The highest BCUT2D eigenvalue weighted by Crippen LogP contribution is 2.52. The molecule has 2 aromatic rings. The van der Waals surface area contributed by atoms with Crippen LogP contribution < -0.4 is 9.05 Å². The Morgan fingerprint density at radius 2 is 1.41 bits per heavy atom. The fraction of sp³-hybridized carbons (Fsp3) is 0.636. The first-order valence-electron chi connectivity index (χ1n) is 14.6. The van der Waals surface area contributed by atoms with E-state index >= 15 is 0 Å². The number of benzene rings is 2. The van der Waals surface area contributed by atoms with Gasteiger partial charge in [0.25, 0.3) is 0 Å². The lowest BCUT2D eigenvalue weighted by Crippen LogP contribution is -2.42. The molecule has 1 aliphatic heterocycles. The van der Waals surface area contributed by atoms with Crippen LogP contribution in [0.3, 0.4) is 0 Å². The molecular formula is C33H52O6P2. The second kappa shape index (κ2) is 13.2. The van der Waals surface area contributed by atoms with Gasteiger partial charge < -0.3 is 27.7 Å². The maximum absolute atomic E-state index is 10.3. The largest absolute Gasteiger partial charge is 0.449 e. The molecule has 3 rings (SSSR count). The van der Waals surface area contributed by atoms with Crippen LogP contribution >= 0.6 is 17.6 Å². The van der Waals surface area contributed by atoms with Gasteiger partial charge in [-0.25, -0.2) is 0 Å². The number of aliphatic hydroxyl groups is 1. The first kappa shape index (κ1) is 34.2. The minimum atomic E-state index is -1.63. The zero-order chi connectivity index (χ0) is 30.8. The standard InChI is InChI=1S/C33H52O6P2/c1-22(2)24-14-13-15-25(30(4,5)6)28(24)38-40-35-19-33(18-34)20-36-41(37-21-33)39-29-26(31(7,8)9)16-23(3)17-27(29)32(10,11)12/h13-17,22,34,40H,18-21H2,1-12H3. The van der Waals surface area contributed by atoms with Crippen molar-refractivity contribution in [1.82, 2.24) is 0 Å². The van der Waals surface area contributed by atoms with E-state index in [9.17, 15) is 5.11 Å². The van der Waals surface area contributed by atoms with Crippen LogP contribution in [0, 0.1) is 12.3 Å². The number of rotatable bonds is 9. The smallest absolute Gasteiger partial charge is 0.397 e. The van der Waals surface area contributed by atoms with E-state index in [1.165, 1.54) is 5.56 Å². The van der Waals surface area contributed by atoms with E-state index in [0.29, 0.717) is 5.92 Å². The molecule has 1 atom stereocenters. The normalized spacial score (nSPS) is 20.7. The summed E-state index contributed by atoms with van der Waals surface area (Å²) >= 11 is 0. The highest BCUT2D eigenvalue weighted by molar-refractivity contribution is 7.42. The average Bonchev–Trinajstić information content (AvgIpc) is 2.86. The van der Waals surface area contributed by atoms with Crippen LogP contribution in [0.1, 0.15) is 110 Å². The van der Waals surface area contributed by atoms with Gasteiger partial charge in [-0.2, -0.15) is 0 Å². The summed E-state index contributed by atoms with van der Waals surface area (Å²) in [5.41, 5.74) is 4.82. The van der Waals surface area contributed by atoms with Gasteiger partial charge >= 0.3 is 8.60 Å². The van der Waals surface area contributed by atoms with E-state index in [-0.39, 0.29) is 51.7 Å². The van der Waals surface area contributed by atoms with Crippen LogP contribution in [-0.2, 0) is 29.8 Å². The van der Waals surface area contributed by atoms with Crippen molar-refractivity contribution in [3.8, 4) is 11.5 Å². The van der Waals surface area contributed by atoms with Crippen LogP contribution in [0.5, 0.6) is 11.5 Å². The first-order valence-corrected chi connectivity index (χ1v) is 16.5.